The van der Waals surface area contributed by atoms with Crippen molar-refractivity contribution in [1.29, 1.82) is 0 Å². The Kier molecular flexibility index (Phi) is 13.1. The molecule has 4 saturated heterocycles. The Bertz CT molecular complexity index is 2550. The number of carbonyl (C=O) groups excluding carboxylic acids is 3. The van der Waals surface area contributed by atoms with Crippen LogP contribution in [0.1, 0.15) is 88.9 Å². The number of nitrogens with one attached hydrogen (secondary N) is 3. The average molecular weight is 901 g/mol. The minimum absolute atomic E-state index is 0.0181. The first kappa shape index (κ1) is 44.9. The standard InChI is InChI=1S/C50H60N8O8/c1-29-5-15-41(57(29)47(59)43(55-49(61)64-4)33-17-21-65-22-18-33)45-52-28-40(54-45)38-14-13-36-25-35(11-12-37(36)26-38)31-7-9-32(10-8-31)39-27-51-46(53-39)42-16-6-30(2)58(42)48(60)44(56(3)50(62)63)34-19-23-66-24-20-34/h7-14,25-30,33-34,41-44H,5-6,15-24H2,1-4H3,(H,51,53)(H,52,54)(H,55,61)(H,62,63)/t29-,30-,41+,42+,43+,44+/m1/s1. The molecule has 5 aromatic rings. The number of ether oxygens (including phenoxy) is 3. The first-order valence-electron chi connectivity index (χ1n) is 23.3. The Morgan fingerprint density at radius 3 is 1.73 bits per heavy atom. The molecule has 0 spiro atoms. The SMILES string of the molecule is COC(=O)N[C@H](C(=O)N1[C@H](C)CC[C@H]1c1ncc(-c2ccc3cc(-c4ccc(-c5cnc([C@@H]6CC[C@@H](C)N6C(=O)[C@H](C6CCOCC6)N(C)C(=O)O)[nH]5)cc4)ccc3c2)[nH]1)C1CCOCC1. The molecule has 66 heavy (non-hydrogen) atoms. The highest BCUT2D eigenvalue weighted by molar-refractivity contribution is 5.91. The van der Waals surface area contributed by atoms with Crippen LogP contribution in [-0.4, -0.2) is 128 Å². The zero-order chi connectivity index (χ0) is 46.1. The second-order valence-corrected chi connectivity index (χ2v) is 18.4. The van der Waals surface area contributed by atoms with Crippen LogP contribution in [0.15, 0.2) is 73.1 Å². The molecule has 6 atom stereocenters. The van der Waals surface area contributed by atoms with E-state index >= 15 is 0 Å². The number of methoxy groups -OCH3 is 1. The highest BCUT2D eigenvalue weighted by Crippen LogP contribution is 2.40. The molecule has 0 bridgehead atoms. The number of benzene rings is 3. The van der Waals surface area contributed by atoms with Gasteiger partial charge in [0.2, 0.25) is 11.8 Å². The molecule has 2 aromatic heterocycles. The Balaban J connectivity index is 0.880. The number of alkyl carbamates (subject to hydrolysis) is 1. The van der Waals surface area contributed by atoms with Crippen molar-refractivity contribution >= 4 is 34.8 Å². The minimum Gasteiger partial charge on any atom is -0.465 e. The van der Waals surface area contributed by atoms with Crippen LogP contribution in [0, 0.1) is 11.8 Å². The van der Waals surface area contributed by atoms with E-state index in [2.05, 4.69) is 82.9 Å². The lowest BCUT2D eigenvalue weighted by molar-refractivity contribution is -0.142. The number of H-pyrrole nitrogens is 2. The van der Waals surface area contributed by atoms with Crippen molar-refractivity contribution in [3.05, 3.63) is 84.7 Å². The van der Waals surface area contributed by atoms with Crippen LogP contribution in [0.2, 0.25) is 0 Å². The molecule has 3 aromatic carbocycles. The molecule has 4 N–H and O–H groups in total. The molecule has 0 radical (unpaired) electrons. The predicted octanol–water partition coefficient (Wildman–Crippen LogP) is 7.95. The van der Waals surface area contributed by atoms with Crippen molar-refractivity contribution in [2.24, 2.45) is 11.8 Å². The lowest BCUT2D eigenvalue weighted by Gasteiger charge is -2.39. The van der Waals surface area contributed by atoms with E-state index in [9.17, 15) is 24.3 Å². The lowest BCUT2D eigenvalue weighted by Crippen LogP contribution is -2.54. The minimum atomic E-state index is -1.11. The quantitative estimate of drug-likeness (QED) is 0.101. The van der Waals surface area contributed by atoms with E-state index in [-0.39, 0.29) is 47.8 Å². The number of fused-ring (bicyclic) bond motifs is 1. The summed E-state index contributed by atoms with van der Waals surface area (Å²) in [5.41, 5.74) is 5.80. The zero-order valence-corrected chi connectivity index (χ0v) is 38.1. The summed E-state index contributed by atoms with van der Waals surface area (Å²) in [6, 6.07) is 19.0. The number of hydrogen-bond donors (Lipinski definition) is 4. The van der Waals surface area contributed by atoms with E-state index in [1.165, 1.54) is 19.1 Å². The fourth-order valence-electron chi connectivity index (χ4n) is 10.8. The maximum atomic E-state index is 14.3. The van der Waals surface area contributed by atoms with Gasteiger partial charge in [0.25, 0.3) is 0 Å². The Morgan fingerprint density at radius 2 is 1.17 bits per heavy atom. The maximum Gasteiger partial charge on any atom is 0.407 e. The molecule has 0 unspecified atom stereocenters. The molecule has 6 heterocycles. The Morgan fingerprint density at radius 1 is 0.682 bits per heavy atom. The third-order valence-electron chi connectivity index (χ3n) is 14.5. The number of hydrogen-bond acceptors (Lipinski definition) is 9. The van der Waals surface area contributed by atoms with Crippen molar-refractivity contribution in [2.75, 3.05) is 40.6 Å². The van der Waals surface area contributed by atoms with Crippen LogP contribution in [0.4, 0.5) is 9.59 Å². The highest BCUT2D eigenvalue weighted by atomic mass is 16.5. The summed E-state index contributed by atoms with van der Waals surface area (Å²) >= 11 is 0. The van der Waals surface area contributed by atoms with Gasteiger partial charge in [-0.15, -0.1) is 0 Å². The van der Waals surface area contributed by atoms with Gasteiger partial charge in [-0.1, -0.05) is 48.5 Å². The summed E-state index contributed by atoms with van der Waals surface area (Å²) in [7, 11) is 2.80. The fourth-order valence-corrected chi connectivity index (χ4v) is 10.8. The molecule has 9 rings (SSSR count). The molecule has 4 aliphatic heterocycles. The highest BCUT2D eigenvalue weighted by Gasteiger charge is 2.46. The summed E-state index contributed by atoms with van der Waals surface area (Å²) in [4.78, 5) is 74.6. The number of likely N-dealkylation sites (tertiary alicyclic amines) is 2. The molecule has 0 saturated carbocycles. The molecule has 348 valence electrons. The van der Waals surface area contributed by atoms with Crippen molar-refractivity contribution in [3.63, 3.8) is 0 Å². The van der Waals surface area contributed by atoms with Gasteiger partial charge in [0.15, 0.2) is 0 Å². The van der Waals surface area contributed by atoms with Gasteiger partial charge in [0, 0.05) is 51.1 Å². The first-order valence-corrected chi connectivity index (χ1v) is 23.3. The van der Waals surface area contributed by atoms with Crippen LogP contribution in [0.5, 0.6) is 0 Å². The van der Waals surface area contributed by atoms with E-state index in [0.29, 0.717) is 57.9 Å². The monoisotopic (exact) mass is 900 g/mol. The molecule has 4 amide bonds. The number of nitrogens with zero attached hydrogens (tertiary/aromatic N) is 5. The molecule has 4 fully saturated rings. The number of imidazole rings is 2. The van der Waals surface area contributed by atoms with Crippen LogP contribution in [-0.2, 0) is 23.8 Å². The molecular weight excluding hydrogens is 841 g/mol. The topological polar surface area (TPSA) is 195 Å². The lowest BCUT2D eigenvalue weighted by atomic mass is 9.89. The van der Waals surface area contributed by atoms with Gasteiger partial charge in [-0.2, -0.15) is 0 Å². The number of rotatable bonds is 11. The number of likely N-dealkylation sites (N-methyl/N-ethyl adjacent to an activating group) is 1. The van der Waals surface area contributed by atoms with Gasteiger partial charge in [-0.05, 0) is 117 Å². The number of carbonyl (C=O) groups is 4. The van der Waals surface area contributed by atoms with Crippen LogP contribution >= 0.6 is 0 Å². The van der Waals surface area contributed by atoms with E-state index in [0.717, 1.165) is 75.9 Å². The van der Waals surface area contributed by atoms with E-state index in [1.807, 2.05) is 29.1 Å². The van der Waals surface area contributed by atoms with E-state index in [4.69, 9.17) is 24.2 Å². The van der Waals surface area contributed by atoms with Gasteiger partial charge in [0.05, 0.1) is 43.0 Å². The van der Waals surface area contributed by atoms with Crippen LogP contribution in [0.25, 0.3) is 44.4 Å². The Labute approximate surface area is 384 Å². The normalized spacial score (nSPS) is 22.6. The smallest absolute Gasteiger partial charge is 0.407 e. The van der Waals surface area contributed by atoms with Gasteiger partial charge >= 0.3 is 12.2 Å². The second-order valence-electron chi connectivity index (χ2n) is 18.4. The van der Waals surface area contributed by atoms with Gasteiger partial charge in [-0.25, -0.2) is 19.6 Å². The van der Waals surface area contributed by atoms with Crippen molar-refractivity contribution in [3.8, 4) is 33.6 Å². The van der Waals surface area contributed by atoms with Gasteiger partial charge < -0.3 is 44.4 Å². The molecule has 16 nitrogen and oxygen atoms in total. The predicted molar refractivity (Wildman–Crippen MR) is 247 cm³/mol. The summed E-state index contributed by atoms with van der Waals surface area (Å²) in [5.74, 6) is 0.980. The van der Waals surface area contributed by atoms with Gasteiger partial charge in [0.1, 0.15) is 23.7 Å². The molecule has 0 aliphatic carbocycles. The largest absolute Gasteiger partial charge is 0.465 e. The second kappa shape index (κ2) is 19.3. The Hall–Kier alpha value is -6.26. The summed E-state index contributed by atoms with van der Waals surface area (Å²) in [6.45, 7) is 6.22. The number of aromatic nitrogens is 4. The van der Waals surface area contributed by atoms with E-state index < -0.39 is 24.3 Å². The third-order valence-corrected chi connectivity index (χ3v) is 14.5. The van der Waals surface area contributed by atoms with Crippen molar-refractivity contribution in [1.82, 2.24) is 40.0 Å². The average Bonchev–Trinajstić information content (AvgIpc) is 4.18. The molecule has 16 heteroatoms. The molecule has 4 aliphatic rings. The van der Waals surface area contributed by atoms with Crippen molar-refractivity contribution < 1.29 is 38.5 Å². The summed E-state index contributed by atoms with van der Waals surface area (Å²) < 4.78 is 16.0. The number of carboxylic acid groups (broad SMARTS) is 1. The number of aromatic amines is 2. The summed E-state index contributed by atoms with van der Waals surface area (Å²) in [5, 5.41) is 14.9. The maximum absolute atomic E-state index is 14.3. The molecular formula is C50H60N8O8. The summed E-state index contributed by atoms with van der Waals surface area (Å²) in [6.07, 6.45) is 7.68. The van der Waals surface area contributed by atoms with E-state index in [1.54, 1.807) is 0 Å². The first-order chi connectivity index (χ1) is 32.0. The third kappa shape index (κ3) is 9.00. The fraction of sp³-hybridized carbons (Fsp3) is 0.480. The van der Waals surface area contributed by atoms with Crippen LogP contribution in [0.3, 0.4) is 0 Å². The van der Waals surface area contributed by atoms with Gasteiger partial charge in [-0.3, -0.25) is 14.5 Å². The van der Waals surface area contributed by atoms with Crippen molar-refractivity contribution in [2.45, 2.75) is 101 Å². The van der Waals surface area contributed by atoms with Crippen LogP contribution < -0.4 is 5.32 Å². The number of amides is 4. The zero-order valence-electron chi connectivity index (χ0n) is 38.1.